The van der Waals surface area contributed by atoms with Crippen LogP contribution in [0.2, 0.25) is 0 Å². The molecule has 0 fully saturated rings. The summed E-state index contributed by atoms with van der Waals surface area (Å²) in [6, 6.07) is 0. The summed E-state index contributed by atoms with van der Waals surface area (Å²) in [5.41, 5.74) is 2.61. The third-order valence-electron chi connectivity index (χ3n) is 3.35. The quantitative estimate of drug-likeness (QED) is 0.745. The number of amides is 1. The van der Waals surface area contributed by atoms with Gasteiger partial charge in [-0.1, -0.05) is 13.3 Å². The third kappa shape index (κ3) is 5.18. The normalized spacial score (nSPS) is 10.4. The summed E-state index contributed by atoms with van der Waals surface area (Å²) in [6.45, 7) is 9.10. The molecule has 0 radical (unpaired) electrons. The Morgan fingerprint density at radius 2 is 1.86 bits per heavy atom. The number of pyridine rings is 1. The van der Waals surface area contributed by atoms with Gasteiger partial charge in [-0.2, -0.15) is 0 Å². The van der Waals surface area contributed by atoms with Crippen LogP contribution in [0.25, 0.3) is 0 Å². The monoisotopic (exact) mass is 310 g/mol. The molecule has 1 N–H and O–H groups in total. The number of unbranched alkanes of at least 4 members (excludes halogenated alkanes) is 1. The third-order valence-corrected chi connectivity index (χ3v) is 3.35. The minimum Gasteiger partial charge on any atom is -0.491 e. The fraction of sp³-hybridized carbons (Fsp3) is 0.625. The Morgan fingerprint density at radius 1 is 1.14 bits per heavy atom. The second-order valence-electron chi connectivity index (χ2n) is 5.08. The van der Waals surface area contributed by atoms with Crippen molar-refractivity contribution in [3.05, 3.63) is 16.8 Å². The van der Waals surface area contributed by atoms with E-state index in [0.29, 0.717) is 19.0 Å². The predicted octanol–water partition coefficient (Wildman–Crippen LogP) is 3.38. The van der Waals surface area contributed by atoms with Gasteiger partial charge in [0.15, 0.2) is 0 Å². The molecule has 0 aliphatic heterocycles. The number of aryl methyl sites for hydroxylation is 1. The van der Waals surface area contributed by atoms with Crippen molar-refractivity contribution in [3.63, 3.8) is 0 Å². The van der Waals surface area contributed by atoms with Crippen LogP contribution in [-0.4, -0.2) is 38.0 Å². The lowest BCUT2D eigenvalue weighted by Crippen LogP contribution is -2.18. The van der Waals surface area contributed by atoms with Crippen molar-refractivity contribution in [3.8, 4) is 5.75 Å². The molecule has 124 valence electrons. The first-order valence-electron chi connectivity index (χ1n) is 7.54. The van der Waals surface area contributed by atoms with Gasteiger partial charge in [-0.15, -0.1) is 0 Å². The SMILES string of the molecule is CCCCOc1c(C)nc(NC(=O)OCCOC)c(C)c1C. The Balaban J connectivity index is 2.79. The number of carbonyl (C=O) groups is 1. The van der Waals surface area contributed by atoms with Gasteiger partial charge in [-0.05, 0) is 38.3 Å². The van der Waals surface area contributed by atoms with Gasteiger partial charge in [0.1, 0.15) is 18.2 Å². The highest BCUT2D eigenvalue weighted by Gasteiger charge is 2.15. The molecule has 1 aromatic rings. The van der Waals surface area contributed by atoms with Crippen molar-refractivity contribution in [2.24, 2.45) is 0 Å². The Bertz CT molecular complexity index is 503. The topological polar surface area (TPSA) is 69.7 Å². The van der Waals surface area contributed by atoms with E-state index in [2.05, 4.69) is 17.2 Å². The molecule has 1 rings (SSSR count). The standard InChI is InChI=1S/C16H26N2O4/c1-6-7-8-21-14-11(2)12(3)15(17-13(14)4)18-16(19)22-10-9-20-5/h6-10H2,1-5H3,(H,17,18,19). The minimum atomic E-state index is -0.536. The molecule has 0 aliphatic rings. The maximum Gasteiger partial charge on any atom is 0.412 e. The van der Waals surface area contributed by atoms with Crippen LogP contribution in [0.4, 0.5) is 10.6 Å². The lowest BCUT2D eigenvalue weighted by Gasteiger charge is -2.16. The highest BCUT2D eigenvalue weighted by Crippen LogP contribution is 2.29. The molecule has 1 amide bonds. The molecule has 0 aliphatic carbocycles. The molecule has 0 unspecified atom stereocenters. The van der Waals surface area contributed by atoms with Gasteiger partial charge in [0.25, 0.3) is 0 Å². The second-order valence-corrected chi connectivity index (χ2v) is 5.08. The summed E-state index contributed by atoms with van der Waals surface area (Å²) < 4.78 is 15.6. The van der Waals surface area contributed by atoms with Crippen LogP contribution in [0, 0.1) is 20.8 Å². The number of nitrogens with one attached hydrogen (secondary N) is 1. The van der Waals surface area contributed by atoms with E-state index in [9.17, 15) is 4.79 Å². The van der Waals surface area contributed by atoms with Crippen molar-refractivity contribution < 1.29 is 19.0 Å². The molecule has 0 saturated carbocycles. The van der Waals surface area contributed by atoms with Gasteiger partial charge >= 0.3 is 6.09 Å². The highest BCUT2D eigenvalue weighted by molar-refractivity contribution is 5.84. The van der Waals surface area contributed by atoms with Crippen molar-refractivity contribution in [1.29, 1.82) is 0 Å². The van der Waals surface area contributed by atoms with Gasteiger partial charge in [-0.25, -0.2) is 9.78 Å². The zero-order valence-electron chi connectivity index (χ0n) is 14.1. The lowest BCUT2D eigenvalue weighted by molar-refractivity contribution is 0.107. The number of carbonyl (C=O) groups excluding carboxylic acids is 1. The number of methoxy groups -OCH3 is 1. The molecule has 22 heavy (non-hydrogen) atoms. The lowest BCUT2D eigenvalue weighted by atomic mass is 10.1. The summed E-state index contributed by atoms with van der Waals surface area (Å²) in [5.74, 6) is 1.30. The summed E-state index contributed by atoms with van der Waals surface area (Å²) >= 11 is 0. The largest absolute Gasteiger partial charge is 0.491 e. The van der Waals surface area contributed by atoms with E-state index < -0.39 is 6.09 Å². The van der Waals surface area contributed by atoms with Gasteiger partial charge < -0.3 is 14.2 Å². The first-order valence-corrected chi connectivity index (χ1v) is 7.54. The van der Waals surface area contributed by atoms with Crippen LogP contribution < -0.4 is 10.1 Å². The Hall–Kier alpha value is -1.82. The number of anilines is 1. The highest BCUT2D eigenvalue weighted by atomic mass is 16.6. The molecule has 6 heteroatoms. The summed E-state index contributed by atoms with van der Waals surface area (Å²) in [6.07, 6.45) is 1.55. The number of hydrogen-bond acceptors (Lipinski definition) is 5. The molecular formula is C16H26N2O4. The van der Waals surface area contributed by atoms with E-state index in [1.165, 1.54) is 0 Å². The van der Waals surface area contributed by atoms with Gasteiger partial charge in [0.2, 0.25) is 0 Å². The number of rotatable bonds is 8. The van der Waals surface area contributed by atoms with E-state index in [1.54, 1.807) is 7.11 Å². The molecule has 1 aromatic heterocycles. The van der Waals surface area contributed by atoms with E-state index in [0.717, 1.165) is 35.4 Å². The van der Waals surface area contributed by atoms with Crippen LogP contribution in [0.1, 0.15) is 36.6 Å². The number of ether oxygens (including phenoxy) is 3. The van der Waals surface area contributed by atoms with E-state index in [-0.39, 0.29) is 6.61 Å². The van der Waals surface area contributed by atoms with Crippen molar-refractivity contribution in [2.45, 2.75) is 40.5 Å². The van der Waals surface area contributed by atoms with Gasteiger partial charge in [0.05, 0.1) is 18.9 Å². The van der Waals surface area contributed by atoms with E-state index >= 15 is 0 Å². The molecular weight excluding hydrogens is 284 g/mol. The van der Waals surface area contributed by atoms with Gasteiger partial charge in [0, 0.05) is 7.11 Å². The summed E-state index contributed by atoms with van der Waals surface area (Å²) in [7, 11) is 1.55. The average Bonchev–Trinajstić information content (AvgIpc) is 2.48. The fourth-order valence-corrected chi connectivity index (χ4v) is 1.93. The van der Waals surface area contributed by atoms with Crippen LogP contribution in [0.3, 0.4) is 0 Å². The zero-order valence-corrected chi connectivity index (χ0v) is 14.1. The van der Waals surface area contributed by atoms with Crippen molar-refractivity contribution >= 4 is 11.9 Å². The number of aromatic nitrogens is 1. The Kier molecular flexibility index (Phi) is 7.66. The Morgan fingerprint density at radius 3 is 2.50 bits per heavy atom. The van der Waals surface area contributed by atoms with Crippen LogP contribution >= 0.6 is 0 Å². The second kappa shape index (κ2) is 9.25. The summed E-state index contributed by atoms with van der Waals surface area (Å²) in [4.78, 5) is 16.1. The van der Waals surface area contributed by atoms with Crippen LogP contribution in [-0.2, 0) is 9.47 Å². The summed E-state index contributed by atoms with van der Waals surface area (Å²) in [5, 5.41) is 2.66. The van der Waals surface area contributed by atoms with Crippen molar-refractivity contribution in [2.75, 3.05) is 32.2 Å². The van der Waals surface area contributed by atoms with Crippen LogP contribution in [0.15, 0.2) is 0 Å². The molecule has 0 atom stereocenters. The predicted molar refractivity (Wildman–Crippen MR) is 85.7 cm³/mol. The molecule has 0 aromatic carbocycles. The first kappa shape index (κ1) is 18.2. The molecule has 0 spiro atoms. The molecule has 0 bridgehead atoms. The average molecular weight is 310 g/mol. The molecule has 1 heterocycles. The maximum atomic E-state index is 11.7. The number of hydrogen-bond donors (Lipinski definition) is 1. The Labute approximate surface area is 132 Å². The smallest absolute Gasteiger partial charge is 0.412 e. The minimum absolute atomic E-state index is 0.206. The molecule has 6 nitrogen and oxygen atoms in total. The van der Waals surface area contributed by atoms with Gasteiger partial charge in [-0.3, -0.25) is 5.32 Å². The van der Waals surface area contributed by atoms with E-state index in [1.807, 2.05) is 20.8 Å². The molecule has 0 saturated heterocycles. The zero-order chi connectivity index (χ0) is 16.5. The van der Waals surface area contributed by atoms with E-state index in [4.69, 9.17) is 14.2 Å². The first-order chi connectivity index (χ1) is 10.5. The maximum absolute atomic E-state index is 11.7. The van der Waals surface area contributed by atoms with Crippen molar-refractivity contribution in [1.82, 2.24) is 4.98 Å². The van der Waals surface area contributed by atoms with Crippen LogP contribution in [0.5, 0.6) is 5.75 Å². The fourth-order valence-electron chi connectivity index (χ4n) is 1.93. The number of nitrogens with zero attached hydrogens (tertiary/aromatic N) is 1.